The van der Waals surface area contributed by atoms with Crippen LogP contribution in [0.1, 0.15) is 44.8 Å². The van der Waals surface area contributed by atoms with Crippen LogP contribution in [-0.2, 0) is 19.4 Å². The van der Waals surface area contributed by atoms with Crippen molar-refractivity contribution in [2.75, 3.05) is 0 Å². The number of rotatable bonds is 3. The van der Waals surface area contributed by atoms with Crippen molar-refractivity contribution in [2.24, 2.45) is 5.92 Å². The summed E-state index contributed by atoms with van der Waals surface area (Å²) in [7, 11) is 0. The van der Waals surface area contributed by atoms with Gasteiger partial charge in [0.05, 0.1) is 17.1 Å². The number of imidazole rings is 1. The van der Waals surface area contributed by atoms with Crippen molar-refractivity contribution < 1.29 is 4.79 Å². The molecule has 6 heteroatoms. The maximum atomic E-state index is 12.4. The van der Waals surface area contributed by atoms with E-state index in [-0.39, 0.29) is 5.91 Å². The minimum atomic E-state index is -0.0109. The van der Waals surface area contributed by atoms with E-state index in [1.54, 1.807) is 11.3 Å². The van der Waals surface area contributed by atoms with Gasteiger partial charge in [-0.3, -0.25) is 9.20 Å². The van der Waals surface area contributed by atoms with Crippen LogP contribution in [0.4, 0.5) is 0 Å². The number of nitrogens with one attached hydrogen (secondary N) is 1. The number of aryl methyl sites for hydroxylation is 2. The molecule has 4 rings (SSSR count). The number of fused-ring (bicyclic) bond motifs is 2. The first-order valence-electron chi connectivity index (χ1n) is 8.29. The molecule has 0 bridgehead atoms. The molecule has 0 radical (unpaired) electrons. The Morgan fingerprint density at radius 1 is 1.46 bits per heavy atom. The smallest absolute Gasteiger partial charge is 0.261 e. The summed E-state index contributed by atoms with van der Waals surface area (Å²) in [6.07, 6.45) is 7.26. The Labute approximate surface area is 144 Å². The average molecular weight is 340 g/mol. The molecule has 0 saturated heterocycles. The number of carbonyl (C=O) groups excluding carboxylic acids is 1. The second-order valence-electron chi connectivity index (χ2n) is 6.60. The average Bonchev–Trinajstić information content (AvgIpc) is 3.15. The highest BCUT2D eigenvalue weighted by molar-refractivity contribution is 7.14. The molecule has 1 atom stereocenters. The molecule has 1 amide bonds. The lowest BCUT2D eigenvalue weighted by Gasteiger charge is -2.16. The number of hydrogen-bond acceptors (Lipinski definition) is 4. The number of amides is 1. The van der Waals surface area contributed by atoms with Crippen LogP contribution in [-0.4, -0.2) is 20.3 Å². The summed E-state index contributed by atoms with van der Waals surface area (Å²) in [5.74, 6) is 1.38. The van der Waals surface area contributed by atoms with E-state index in [2.05, 4.69) is 28.3 Å². The molecule has 24 heavy (non-hydrogen) atoms. The predicted molar refractivity (Wildman–Crippen MR) is 94.4 cm³/mol. The predicted octanol–water partition coefficient (Wildman–Crippen LogP) is 3.15. The van der Waals surface area contributed by atoms with Crippen LogP contribution in [0.25, 0.3) is 5.78 Å². The SMILES string of the molecule is Cc1ccn2cc(CNC(=O)c3cc4c(s3)CC[C@H](C)C4)nc2n1. The van der Waals surface area contributed by atoms with Gasteiger partial charge in [0, 0.05) is 23.0 Å². The second kappa shape index (κ2) is 6.02. The summed E-state index contributed by atoms with van der Waals surface area (Å²) in [6.45, 7) is 4.63. The molecule has 0 unspecified atom stereocenters. The molecule has 3 aromatic heterocycles. The van der Waals surface area contributed by atoms with Crippen LogP contribution in [0.3, 0.4) is 0 Å². The van der Waals surface area contributed by atoms with Crippen molar-refractivity contribution in [3.63, 3.8) is 0 Å². The number of carbonyl (C=O) groups is 1. The van der Waals surface area contributed by atoms with E-state index < -0.39 is 0 Å². The summed E-state index contributed by atoms with van der Waals surface area (Å²) in [4.78, 5) is 23.5. The van der Waals surface area contributed by atoms with Gasteiger partial charge in [-0.15, -0.1) is 11.3 Å². The largest absolute Gasteiger partial charge is 0.346 e. The van der Waals surface area contributed by atoms with Gasteiger partial charge >= 0.3 is 0 Å². The Bertz CT molecular complexity index is 911. The zero-order valence-electron chi connectivity index (χ0n) is 13.9. The Morgan fingerprint density at radius 2 is 2.33 bits per heavy atom. The molecule has 0 aliphatic heterocycles. The van der Waals surface area contributed by atoms with Gasteiger partial charge in [-0.1, -0.05) is 6.92 Å². The van der Waals surface area contributed by atoms with E-state index in [1.807, 2.05) is 29.8 Å². The Morgan fingerprint density at radius 3 is 3.21 bits per heavy atom. The minimum Gasteiger partial charge on any atom is -0.346 e. The summed E-state index contributed by atoms with van der Waals surface area (Å²) >= 11 is 1.64. The first kappa shape index (κ1) is 15.3. The van der Waals surface area contributed by atoms with Gasteiger partial charge in [-0.25, -0.2) is 9.97 Å². The van der Waals surface area contributed by atoms with E-state index in [1.165, 1.54) is 16.9 Å². The molecule has 0 saturated carbocycles. The van der Waals surface area contributed by atoms with Crippen molar-refractivity contribution in [2.45, 2.75) is 39.7 Å². The molecule has 1 N–H and O–H groups in total. The fourth-order valence-electron chi connectivity index (χ4n) is 3.17. The third-order valence-corrected chi connectivity index (χ3v) is 5.73. The van der Waals surface area contributed by atoms with Crippen LogP contribution in [0, 0.1) is 12.8 Å². The van der Waals surface area contributed by atoms with Crippen LogP contribution in [0.5, 0.6) is 0 Å². The van der Waals surface area contributed by atoms with E-state index in [9.17, 15) is 4.79 Å². The normalized spacial score (nSPS) is 17.0. The van der Waals surface area contributed by atoms with Gasteiger partial charge < -0.3 is 5.32 Å². The maximum Gasteiger partial charge on any atom is 0.261 e. The Hall–Kier alpha value is -2.21. The molecule has 3 aromatic rings. The van der Waals surface area contributed by atoms with Gasteiger partial charge in [0.25, 0.3) is 5.91 Å². The molecular weight excluding hydrogens is 320 g/mol. The first-order chi connectivity index (χ1) is 11.6. The van der Waals surface area contributed by atoms with Crippen molar-refractivity contribution in [3.8, 4) is 0 Å². The second-order valence-corrected chi connectivity index (χ2v) is 7.73. The van der Waals surface area contributed by atoms with Crippen molar-refractivity contribution >= 4 is 23.0 Å². The third-order valence-electron chi connectivity index (χ3n) is 4.50. The monoisotopic (exact) mass is 340 g/mol. The molecular formula is C18H20N4OS. The lowest BCUT2D eigenvalue weighted by Crippen LogP contribution is -2.21. The zero-order chi connectivity index (χ0) is 16.7. The highest BCUT2D eigenvalue weighted by Gasteiger charge is 2.20. The summed E-state index contributed by atoms with van der Waals surface area (Å²) < 4.78 is 1.87. The fourth-order valence-corrected chi connectivity index (χ4v) is 4.29. The van der Waals surface area contributed by atoms with Crippen LogP contribution >= 0.6 is 11.3 Å². The number of thiophene rings is 1. The van der Waals surface area contributed by atoms with E-state index in [4.69, 9.17) is 0 Å². The Kier molecular flexibility index (Phi) is 3.84. The standard InChI is InChI=1S/C18H20N4OS/c1-11-3-4-15-13(7-11)8-16(24-15)17(23)19-9-14-10-22-6-5-12(2)20-18(22)21-14/h5-6,8,10-11H,3-4,7,9H2,1-2H3,(H,19,23)/t11-/m0/s1. The molecule has 5 nitrogen and oxygen atoms in total. The highest BCUT2D eigenvalue weighted by atomic mass is 32.1. The van der Waals surface area contributed by atoms with Crippen LogP contribution < -0.4 is 5.32 Å². The van der Waals surface area contributed by atoms with Gasteiger partial charge in [-0.2, -0.15) is 0 Å². The minimum absolute atomic E-state index is 0.0109. The van der Waals surface area contributed by atoms with Crippen molar-refractivity contribution in [1.82, 2.24) is 19.7 Å². The van der Waals surface area contributed by atoms with Gasteiger partial charge in [0.15, 0.2) is 0 Å². The first-order valence-corrected chi connectivity index (χ1v) is 9.11. The summed E-state index contributed by atoms with van der Waals surface area (Å²) in [5.41, 5.74) is 3.11. The molecule has 0 aromatic carbocycles. The van der Waals surface area contributed by atoms with Crippen LogP contribution in [0.15, 0.2) is 24.5 Å². The molecule has 0 spiro atoms. The van der Waals surface area contributed by atoms with E-state index >= 15 is 0 Å². The fraction of sp³-hybridized carbons (Fsp3) is 0.389. The van der Waals surface area contributed by atoms with E-state index in [0.717, 1.165) is 35.0 Å². The van der Waals surface area contributed by atoms with Gasteiger partial charge in [0.1, 0.15) is 0 Å². The van der Waals surface area contributed by atoms with E-state index in [0.29, 0.717) is 12.3 Å². The molecule has 3 heterocycles. The maximum absolute atomic E-state index is 12.4. The van der Waals surface area contributed by atoms with Gasteiger partial charge in [-0.05, 0) is 49.8 Å². The Balaban J connectivity index is 1.46. The topological polar surface area (TPSA) is 59.3 Å². The molecule has 124 valence electrons. The number of hydrogen-bond donors (Lipinski definition) is 1. The van der Waals surface area contributed by atoms with Crippen molar-refractivity contribution in [1.29, 1.82) is 0 Å². The lowest BCUT2D eigenvalue weighted by molar-refractivity contribution is 0.0954. The number of aromatic nitrogens is 3. The van der Waals surface area contributed by atoms with Gasteiger partial charge in [0.2, 0.25) is 5.78 Å². The van der Waals surface area contributed by atoms with Crippen molar-refractivity contribution in [3.05, 3.63) is 51.2 Å². The number of nitrogens with zero attached hydrogens (tertiary/aromatic N) is 3. The summed E-state index contributed by atoms with van der Waals surface area (Å²) in [6, 6.07) is 4.01. The quantitative estimate of drug-likeness (QED) is 0.797. The highest BCUT2D eigenvalue weighted by Crippen LogP contribution is 2.32. The lowest BCUT2D eigenvalue weighted by atomic mass is 9.90. The molecule has 1 aliphatic carbocycles. The van der Waals surface area contributed by atoms with Crippen LogP contribution in [0.2, 0.25) is 0 Å². The molecule has 0 fully saturated rings. The zero-order valence-corrected chi connectivity index (χ0v) is 14.7. The third kappa shape index (κ3) is 2.94. The summed E-state index contributed by atoms with van der Waals surface area (Å²) in [5, 5.41) is 2.98. The molecule has 1 aliphatic rings.